The number of rotatable bonds is 7. The van der Waals surface area contributed by atoms with Crippen LogP contribution in [0, 0.1) is 10.8 Å². The SMILES string of the molecule is CCOC(=O)C(C)(C)C(C)(C)CC(c1ccncc1)C(C)(C)Cl. The van der Waals surface area contributed by atoms with Crippen LogP contribution < -0.4 is 0 Å². The highest BCUT2D eigenvalue weighted by atomic mass is 35.5. The van der Waals surface area contributed by atoms with E-state index < -0.39 is 10.3 Å². The summed E-state index contributed by atoms with van der Waals surface area (Å²) in [7, 11) is 0. The molecule has 0 fully saturated rings. The molecule has 0 spiro atoms. The van der Waals surface area contributed by atoms with Gasteiger partial charge in [0.05, 0.1) is 12.0 Å². The van der Waals surface area contributed by atoms with E-state index in [-0.39, 0.29) is 17.3 Å². The van der Waals surface area contributed by atoms with Crippen molar-refractivity contribution in [3.05, 3.63) is 30.1 Å². The van der Waals surface area contributed by atoms with Gasteiger partial charge < -0.3 is 4.74 Å². The minimum atomic E-state index is -0.601. The number of carbonyl (C=O) groups excluding carboxylic acids is 1. The fourth-order valence-corrected chi connectivity index (χ4v) is 2.91. The molecule has 0 aromatic carbocycles. The lowest BCUT2D eigenvalue weighted by molar-refractivity contribution is -0.161. The lowest BCUT2D eigenvalue weighted by Gasteiger charge is -2.44. The zero-order valence-electron chi connectivity index (χ0n) is 15.4. The second-order valence-corrected chi connectivity index (χ2v) is 8.81. The Hall–Kier alpha value is -1.09. The van der Waals surface area contributed by atoms with Crippen LogP contribution in [0.4, 0.5) is 0 Å². The van der Waals surface area contributed by atoms with E-state index >= 15 is 0 Å². The first-order valence-corrected chi connectivity index (χ1v) is 8.57. The molecule has 1 atom stereocenters. The smallest absolute Gasteiger partial charge is 0.312 e. The van der Waals surface area contributed by atoms with Crippen LogP contribution >= 0.6 is 11.6 Å². The highest BCUT2D eigenvalue weighted by molar-refractivity contribution is 6.24. The molecule has 0 aliphatic carbocycles. The molecule has 1 unspecified atom stereocenters. The van der Waals surface area contributed by atoms with Crippen molar-refractivity contribution in [3.63, 3.8) is 0 Å². The van der Waals surface area contributed by atoms with E-state index in [1.54, 1.807) is 12.4 Å². The number of hydrogen-bond donors (Lipinski definition) is 0. The van der Waals surface area contributed by atoms with Crippen LogP contribution in [0.5, 0.6) is 0 Å². The predicted octanol–water partition coefficient (Wildman–Crippen LogP) is 5.19. The Kier molecular flexibility index (Phi) is 6.25. The number of halogens is 1. The molecule has 0 bridgehead atoms. The van der Waals surface area contributed by atoms with Crippen LogP contribution in [0.2, 0.25) is 0 Å². The molecule has 3 nitrogen and oxygen atoms in total. The van der Waals surface area contributed by atoms with E-state index in [1.807, 2.05) is 46.8 Å². The van der Waals surface area contributed by atoms with Crippen molar-refractivity contribution in [2.75, 3.05) is 6.61 Å². The van der Waals surface area contributed by atoms with Crippen molar-refractivity contribution in [2.24, 2.45) is 10.8 Å². The fourth-order valence-electron chi connectivity index (χ4n) is 2.71. The second-order valence-electron chi connectivity index (χ2n) is 7.83. The molecule has 0 N–H and O–H groups in total. The number of hydrogen-bond acceptors (Lipinski definition) is 3. The van der Waals surface area contributed by atoms with Gasteiger partial charge in [-0.25, -0.2) is 0 Å². The van der Waals surface area contributed by atoms with Crippen molar-refractivity contribution in [3.8, 4) is 0 Å². The monoisotopic (exact) mass is 339 g/mol. The zero-order chi connectivity index (χ0) is 17.9. The number of nitrogens with zero attached hydrogens (tertiary/aromatic N) is 1. The Morgan fingerprint density at radius 3 is 2.13 bits per heavy atom. The van der Waals surface area contributed by atoms with E-state index in [9.17, 15) is 4.79 Å². The summed E-state index contributed by atoms with van der Waals surface area (Å²) in [4.78, 5) is 16.1. The maximum atomic E-state index is 12.4. The average molecular weight is 340 g/mol. The van der Waals surface area contributed by atoms with E-state index in [4.69, 9.17) is 16.3 Å². The Morgan fingerprint density at radius 2 is 1.70 bits per heavy atom. The van der Waals surface area contributed by atoms with Crippen LogP contribution in [0.3, 0.4) is 0 Å². The Labute approximate surface area is 145 Å². The lowest BCUT2D eigenvalue weighted by Crippen LogP contribution is -2.43. The first-order valence-electron chi connectivity index (χ1n) is 8.19. The molecule has 23 heavy (non-hydrogen) atoms. The number of esters is 1. The summed E-state index contributed by atoms with van der Waals surface area (Å²) in [5.41, 5.74) is 0.267. The molecular weight excluding hydrogens is 310 g/mol. The number of pyridine rings is 1. The topological polar surface area (TPSA) is 39.2 Å². The number of alkyl halides is 1. The number of aromatic nitrogens is 1. The molecule has 130 valence electrons. The molecule has 1 aromatic heterocycles. The highest BCUT2D eigenvalue weighted by Gasteiger charge is 2.47. The minimum absolute atomic E-state index is 0.107. The summed E-state index contributed by atoms with van der Waals surface area (Å²) < 4.78 is 5.28. The highest BCUT2D eigenvalue weighted by Crippen LogP contribution is 2.49. The van der Waals surface area contributed by atoms with Crippen molar-refractivity contribution >= 4 is 17.6 Å². The van der Waals surface area contributed by atoms with Crippen LogP contribution in [0.15, 0.2) is 24.5 Å². The molecule has 0 radical (unpaired) electrons. The van der Waals surface area contributed by atoms with E-state index in [2.05, 4.69) is 18.8 Å². The molecule has 1 heterocycles. The second kappa shape index (κ2) is 7.21. The van der Waals surface area contributed by atoms with E-state index in [1.165, 1.54) is 0 Å². The Bertz CT molecular complexity index is 518. The van der Waals surface area contributed by atoms with Crippen molar-refractivity contribution in [2.45, 2.75) is 65.7 Å². The normalized spacial score (nSPS) is 14.4. The average Bonchev–Trinajstić information content (AvgIpc) is 2.44. The van der Waals surface area contributed by atoms with Gasteiger partial charge in [-0.1, -0.05) is 13.8 Å². The maximum absolute atomic E-state index is 12.4. The predicted molar refractivity (Wildman–Crippen MR) is 95.7 cm³/mol. The van der Waals surface area contributed by atoms with Crippen LogP contribution in [-0.4, -0.2) is 22.4 Å². The van der Waals surface area contributed by atoms with Gasteiger partial charge in [0.25, 0.3) is 0 Å². The standard InChI is InChI=1S/C19H30ClNO2/c1-8-23-16(22)18(4,5)17(2,3)13-15(19(6,7)20)14-9-11-21-12-10-14/h9-12,15H,8,13H2,1-7H3. The summed E-state index contributed by atoms with van der Waals surface area (Å²) in [6, 6.07) is 4.00. The molecule has 0 aliphatic rings. The zero-order valence-corrected chi connectivity index (χ0v) is 16.2. The number of ether oxygens (including phenoxy) is 1. The van der Waals surface area contributed by atoms with Gasteiger partial charge in [0.1, 0.15) is 0 Å². The summed E-state index contributed by atoms with van der Waals surface area (Å²) in [6.07, 6.45) is 4.35. The third-order valence-corrected chi connectivity index (χ3v) is 5.39. The third-order valence-electron chi connectivity index (χ3n) is 5.13. The minimum Gasteiger partial charge on any atom is -0.466 e. The lowest BCUT2D eigenvalue weighted by atomic mass is 9.62. The van der Waals surface area contributed by atoms with Gasteiger partial charge in [-0.05, 0) is 64.2 Å². The Morgan fingerprint density at radius 1 is 1.17 bits per heavy atom. The molecule has 0 saturated heterocycles. The van der Waals surface area contributed by atoms with Crippen LogP contribution in [0.1, 0.15) is 66.4 Å². The first kappa shape index (κ1) is 20.0. The Balaban J connectivity index is 3.14. The molecular formula is C19H30ClNO2. The summed E-state index contributed by atoms with van der Waals surface area (Å²) in [5.74, 6) is -0.0540. The van der Waals surface area contributed by atoms with Crippen molar-refractivity contribution in [1.29, 1.82) is 0 Å². The van der Waals surface area contributed by atoms with Gasteiger partial charge in [0.15, 0.2) is 0 Å². The summed E-state index contributed by atoms with van der Waals surface area (Å²) >= 11 is 6.69. The molecule has 4 heteroatoms. The van der Waals surface area contributed by atoms with Gasteiger partial charge in [-0.15, -0.1) is 11.6 Å². The summed E-state index contributed by atoms with van der Waals surface area (Å²) in [5, 5.41) is 0. The van der Waals surface area contributed by atoms with Gasteiger partial charge in [0, 0.05) is 23.2 Å². The van der Waals surface area contributed by atoms with Crippen molar-refractivity contribution in [1.82, 2.24) is 4.98 Å². The third kappa shape index (κ3) is 4.69. The molecule has 0 aliphatic heterocycles. The molecule has 1 aromatic rings. The van der Waals surface area contributed by atoms with Gasteiger partial charge in [-0.2, -0.15) is 0 Å². The largest absolute Gasteiger partial charge is 0.466 e. The molecule has 1 rings (SSSR count). The van der Waals surface area contributed by atoms with E-state index in [0.29, 0.717) is 6.61 Å². The van der Waals surface area contributed by atoms with Gasteiger partial charge in [-0.3, -0.25) is 9.78 Å². The van der Waals surface area contributed by atoms with Crippen molar-refractivity contribution < 1.29 is 9.53 Å². The van der Waals surface area contributed by atoms with Gasteiger partial charge in [0.2, 0.25) is 0 Å². The van der Waals surface area contributed by atoms with Crippen LogP contribution in [0.25, 0.3) is 0 Å². The maximum Gasteiger partial charge on any atom is 0.312 e. The van der Waals surface area contributed by atoms with E-state index in [0.717, 1.165) is 12.0 Å². The van der Waals surface area contributed by atoms with Gasteiger partial charge >= 0.3 is 5.97 Å². The fraction of sp³-hybridized carbons (Fsp3) is 0.684. The molecule has 0 amide bonds. The molecule has 0 saturated carbocycles. The van der Waals surface area contributed by atoms with Crippen LogP contribution in [-0.2, 0) is 9.53 Å². The summed E-state index contributed by atoms with van der Waals surface area (Å²) in [6.45, 7) is 14.4. The first-order chi connectivity index (χ1) is 10.4. The number of carbonyl (C=O) groups is 1. The quantitative estimate of drug-likeness (QED) is 0.507.